The van der Waals surface area contributed by atoms with Crippen molar-refractivity contribution in [2.75, 3.05) is 13.1 Å². The summed E-state index contributed by atoms with van der Waals surface area (Å²) in [7, 11) is 0. The van der Waals surface area contributed by atoms with Gasteiger partial charge in [-0.3, -0.25) is 9.69 Å². The number of rotatable bonds is 3. The highest BCUT2D eigenvalue weighted by molar-refractivity contribution is 5.79. The molecule has 0 aromatic rings. The minimum atomic E-state index is -0.589. The van der Waals surface area contributed by atoms with Gasteiger partial charge in [0.15, 0.2) is 0 Å². The molecule has 1 N–H and O–H groups in total. The lowest BCUT2D eigenvalue weighted by Gasteiger charge is -2.35. The molecule has 19 heavy (non-hydrogen) atoms. The van der Waals surface area contributed by atoms with E-state index in [1.165, 1.54) is 25.7 Å². The smallest absolute Gasteiger partial charge is 0.235 e. The molecule has 2 aliphatic rings. The zero-order chi connectivity index (χ0) is 13.7. The summed E-state index contributed by atoms with van der Waals surface area (Å²) in [4.78, 5) is 14.4. The third-order valence-electron chi connectivity index (χ3n) is 4.59. The maximum absolute atomic E-state index is 12.2. The SMILES string of the molecule is CC1CCCCN1CC(=O)NC1(C#N)CCCCC1. The van der Waals surface area contributed by atoms with Gasteiger partial charge in [0.2, 0.25) is 5.91 Å². The van der Waals surface area contributed by atoms with Crippen molar-refractivity contribution in [3.8, 4) is 6.07 Å². The summed E-state index contributed by atoms with van der Waals surface area (Å²) in [6, 6.07) is 2.84. The van der Waals surface area contributed by atoms with Crippen LogP contribution in [0.15, 0.2) is 0 Å². The number of nitrogens with zero attached hydrogens (tertiary/aromatic N) is 2. The summed E-state index contributed by atoms with van der Waals surface area (Å²) < 4.78 is 0. The van der Waals surface area contributed by atoms with Crippen molar-refractivity contribution >= 4 is 5.91 Å². The molecule has 0 radical (unpaired) electrons. The quantitative estimate of drug-likeness (QED) is 0.849. The average molecular weight is 263 g/mol. The first-order chi connectivity index (χ1) is 9.15. The molecule has 1 aliphatic carbocycles. The van der Waals surface area contributed by atoms with Crippen LogP contribution < -0.4 is 5.32 Å². The Bertz CT molecular complexity index is 355. The van der Waals surface area contributed by atoms with Crippen molar-refractivity contribution in [2.45, 2.75) is 69.9 Å². The van der Waals surface area contributed by atoms with E-state index >= 15 is 0 Å². The largest absolute Gasteiger partial charge is 0.337 e. The number of amides is 1. The second-order valence-electron chi connectivity index (χ2n) is 6.12. The summed E-state index contributed by atoms with van der Waals surface area (Å²) in [6.07, 6.45) is 8.53. The molecule has 0 bridgehead atoms. The standard InChI is InChI=1S/C15H25N3O/c1-13-7-3-6-10-18(13)11-14(19)17-15(12-16)8-4-2-5-9-15/h13H,2-11H2,1H3,(H,17,19). The van der Waals surface area contributed by atoms with Gasteiger partial charge in [-0.1, -0.05) is 25.7 Å². The van der Waals surface area contributed by atoms with Crippen LogP contribution in [0.1, 0.15) is 58.3 Å². The molecule has 1 amide bonds. The van der Waals surface area contributed by atoms with Crippen molar-refractivity contribution in [3.63, 3.8) is 0 Å². The third-order valence-corrected chi connectivity index (χ3v) is 4.59. The molecule has 4 heteroatoms. The van der Waals surface area contributed by atoms with E-state index in [1.54, 1.807) is 0 Å². The monoisotopic (exact) mass is 263 g/mol. The zero-order valence-corrected chi connectivity index (χ0v) is 12.0. The van der Waals surface area contributed by atoms with Crippen LogP contribution in [0.25, 0.3) is 0 Å². The van der Waals surface area contributed by atoms with Gasteiger partial charge in [0, 0.05) is 6.04 Å². The first-order valence-electron chi connectivity index (χ1n) is 7.61. The molecule has 2 fully saturated rings. The fraction of sp³-hybridized carbons (Fsp3) is 0.867. The third kappa shape index (κ3) is 3.70. The molecule has 1 saturated carbocycles. The van der Waals surface area contributed by atoms with Crippen molar-refractivity contribution in [2.24, 2.45) is 0 Å². The molecule has 0 spiro atoms. The molecule has 1 unspecified atom stereocenters. The second-order valence-corrected chi connectivity index (χ2v) is 6.12. The van der Waals surface area contributed by atoms with Crippen molar-refractivity contribution in [1.29, 1.82) is 5.26 Å². The Kier molecular flexibility index (Phi) is 4.81. The average Bonchev–Trinajstić information content (AvgIpc) is 2.42. The molecule has 0 aromatic heterocycles. The van der Waals surface area contributed by atoms with Crippen LogP contribution in [-0.2, 0) is 4.79 Å². The predicted octanol–water partition coefficient (Wildman–Crippen LogP) is 2.20. The number of hydrogen-bond donors (Lipinski definition) is 1. The Hall–Kier alpha value is -1.08. The van der Waals surface area contributed by atoms with Crippen LogP contribution in [0.4, 0.5) is 0 Å². The van der Waals surface area contributed by atoms with E-state index < -0.39 is 5.54 Å². The van der Waals surface area contributed by atoms with Crippen LogP contribution in [0.5, 0.6) is 0 Å². The summed E-state index contributed by atoms with van der Waals surface area (Å²) in [5, 5.41) is 12.4. The number of hydrogen-bond acceptors (Lipinski definition) is 3. The van der Waals surface area contributed by atoms with Gasteiger partial charge < -0.3 is 5.32 Å². The number of nitrogens with one attached hydrogen (secondary N) is 1. The lowest BCUT2D eigenvalue weighted by Crippen LogP contribution is -2.53. The highest BCUT2D eigenvalue weighted by Gasteiger charge is 2.34. The molecule has 0 aromatic carbocycles. The molecular weight excluding hydrogens is 238 g/mol. The topological polar surface area (TPSA) is 56.1 Å². The maximum atomic E-state index is 12.2. The van der Waals surface area contributed by atoms with E-state index in [1.807, 2.05) is 0 Å². The number of nitriles is 1. The maximum Gasteiger partial charge on any atom is 0.235 e. The van der Waals surface area contributed by atoms with E-state index in [2.05, 4.69) is 23.2 Å². The summed E-state index contributed by atoms with van der Waals surface area (Å²) in [6.45, 7) is 3.64. The normalized spacial score (nSPS) is 27.5. The number of likely N-dealkylation sites (tertiary alicyclic amines) is 1. The van der Waals surface area contributed by atoms with Crippen molar-refractivity contribution in [3.05, 3.63) is 0 Å². The Labute approximate surface area is 116 Å². The van der Waals surface area contributed by atoms with Gasteiger partial charge in [0.1, 0.15) is 5.54 Å². The van der Waals surface area contributed by atoms with Crippen LogP contribution >= 0.6 is 0 Å². The minimum absolute atomic E-state index is 0.0252. The van der Waals surface area contributed by atoms with E-state index in [0.717, 1.165) is 32.2 Å². The fourth-order valence-electron chi connectivity index (χ4n) is 3.30. The zero-order valence-electron chi connectivity index (χ0n) is 12.0. The van der Waals surface area contributed by atoms with Crippen molar-refractivity contribution < 1.29 is 4.79 Å². The Morgan fingerprint density at radius 1 is 1.32 bits per heavy atom. The van der Waals surface area contributed by atoms with Gasteiger partial charge in [-0.2, -0.15) is 5.26 Å². The van der Waals surface area contributed by atoms with E-state index in [-0.39, 0.29) is 5.91 Å². The number of piperidine rings is 1. The highest BCUT2D eigenvalue weighted by atomic mass is 16.2. The van der Waals surface area contributed by atoms with E-state index in [9.17, 15) is 10.1 Å². The first-order valence-corrected chi connectivity index (χ1v) is 7.61. The van der Waals surface area contributed by atoms with E-state index in [4.69, 9.17) is 0 Å². The molecule has 1 heterocycles. The van der Waals surface area contributed by atoms with Gasteiger partial charge in [0.05, 0.1) is 12.6 Å². The predicted molar refractivity (Wildman–Crippen MR) is 74.5 cm³/mol. The molecule has 106 valence electrons. The second kappa shape index (κ2) is 6.38. The molecule has 2 rings (SSSR count). The van der Waals surface area contributed by atoms with Gasteiger partial charge in [-0.25, -0.2) is 0 Å². The summed E-state index contributed by atoms with van der Waals surface area (Å²) in [5.41, 5.74) is -0.589. The van der Waals surface area contributed by atoms with Crippen LogP contribution in [0, 0.1) is 11.3 Å². The lowest BCUT2D eigenvalue weighted by atomic mass is 9.83. The van der Waals surface area contributed by atoms with Crippen LogP contribution in [0.2, 0.25) is 0 Å². The highest BCUT2D eigenvalue weighted by Crippen LogP contribution is 2.27. The van der Waals surface area contributed by atoms with Gasteiger partial charge in [-0.15, -0.1) is 0 Å². The van der Waals surface area contributed by atoms with Gasteiger partial charge in [-0.05, 0) is 39.2 Å². The number of carbonyl (C=O) groups excluding carboxylic acids is 1. The van der Waals surface area contributed by atoms with Gasteiger partial charge in [0.25, 0.3) is 0 Å². The Balaban J connectivity index is 1.87. The van der Waals surface area contributed by atoms with Gasteiger partial charge >= 0.3 is 0 Å². The van der Waals surface area contributed by atoms with Crippen LogP contribution in [-0.4, -0.2) is 35.5 Å². The van der Waals surface area contributed by atoms with Crippen molar-refractivity contribution in [1.82, 2.24) is 10.2 Å². The Morgan fingerprint density at radius 3 is 2.68 bits per heavy atom. The molecule has 1 aliphatic heterocycles. The summed E-state index contributed by atoms with van der Waals surface area (Å²) >= 11 is 0. The molecule has 1 atom stereocenters. The molecule has 4 nitrogen and oxygen atoms in total. The Morgan fingerprint density at radius 2 is 2.05 bits per heavy atom. The molecular formula is C15H25N3O. The lowest BCUT2D eigenvalue weighted by molar-refractivity contribution is -0.124. The molecule has 1 saturated heterocycles. The summed E-state index contributed by atoms with van der Waals surface area (Å²) in [5.74, 6) is 0.0252. The van der Waals surface area contributed by atoms with Crippen LogP contribution in [0.3, 0.4) is 0 Å². The fourth-order valence-corrected chi connectivity index (χ4v) is 3.30. The van der Waals surface area contributed by atoms with E-state index in [0.29, 0.717) is 12.6 Å². The number of carbonyl (C=O) groups is 1. The first kappa shape index (κ1) is 14.3. The minimum Gasteiger partial charge on any atom is -0.337 e.